The van der Waals surface area contributed by atoms with E-state index in [-0.39, 0.29) is 22.5 Å². The summed E-state index contributed by atoms with van der Waals surface area (Å²) in [5.41, 5.74) is 1.66. The topological polar surface area (TPSA) is 54.1 Å². The van der Waals surface area contributed by atoms with Crippen LogP contribution in [0.5, 0.6) is 5.75 Å². The Hall–Kier alpha value is -1.66. The molecule has 0 radical (unpaired) electrons. The van der Waals surface area contributed by atoms with Crippen LogP contribution in [0.3, 0.4) is 0 Å². The van der Waals surface area contributed by atoms with Gasteiger partial charge in [0.25, 0.3) is 0 Å². The van der Waals surface area contributed by atoms with Crippen LogP contribution in [0.4, 0.5) is 4.39 Å². The second-order valence-corrected chi connectivity index (χ2v) is 5.01. The molecule has 1 aromatic carbocycles. The van der Waals surface area contributed by atoms with Crippen molar-refractivity contribution in [1.82, 2.24) is 10.3 Å². The molecule has 0 aliphatic carbocycles. The van der Waals surface area contributed by atoms with E-state index < -0.39 is 0 Å². The van der Waals surface area contributed by atoms with Gasteiger partial charge in [-0.15, -0.1) is 0 Å². The predicted molar refractivity (Wildman–Crippen MR) is 73.1 cm³/mol. The average molecular weight is 282 g/mol. The van der Waals surface area contributed by atoms with Gasteiger partial charge in [0.05, 0.1) is 7.11 Å². The molecule has 0 bridgehead atoms. The molecule has 0 spiro atoms. The molecule has 2 N–H and O–H groups in total. The van der Waals surface area contributed by atoms with E-state index >= 15 is 0 Å². The van der Waals surface area contributed by atoms with Crippen LogP contribution >= 0.6 is 11.3 Å². The zero-order valence-corrected chi connectivity index (χ0v) is 11.5. The number of halogens is 1. The Bertz CT molecular complexity index is 609. The van der Waals surface area contributed by atoms with Gasteiger partial charge in [-0.1, -0.05) is 17.4 Å². The van der Waals surface area contributed by atoms with Crippen molar-refractivity contribution in [1.29, 1.82) is 0 Å². The third kappa shape index (κ3) is 3.42. The third-order valence-electron chi connectivity index (χ3n) is 2.85. The molecule has 4 nitrogen and oxygen atoms in total. The Balaban J connectivity index is 2.01. The van der Waals surface area contributed by atoms with Gasteiger partial charge in [-0.05, 0) is 24.6 Å². The number of H-pyrrole nitrogens is 1. The van der Waals surface area contributed by atoms with Crippen LogP contribution in [0.15, 0.2) is 28.4 Å². The monoisotopic (exact) mass is 282 g/mol. The highest BCUT2D eigenvalue weighted by molar-refractivity contribution is 7.07. The van der Waals surface area contributed by atoms with Crippen molar-refractivity contribution in [3.8, 4) is 5.75 Å². The Morgan fingerprint density at radius 3 is 2.89 bits per heavy atom. The third-order valence-corrected chi connectivity index (χ3v) is 3.56. The molecule has 102 valence electrons. The number of aromatic nitrogens is 1. The quantitative estimate of drug-likeness (QED) is 0.885. The lowest BCUT2D eigenvalue weighted by atomic mass is 10.1. The van der Waals surface area contributed by atoms with Crippen molar-refractivity contribution in [3.05, 3.63) is 50.3 Å². The SMILES string of the molecule is COc1ccc(C(C)NCc2csc(=O)[nH]2)cc1F. The second-order valence-electron chi connectivity index (χ2n) is 4.17. The number of ether oxygens (including phenoxy) is 1. The molecule has 1 atom stereocenters. The standard InChI is InChI=1S/C13H15FN2O2S/c1-8(15-6-10-7-19-13(17)16-10)9-3-4-12(18-2)11(14)5-9/h3-5,7-8,15H,6H2,1-2H3,(H,16,17). The number of hydrogen-bond acceptors (Lipinski definition) is 4. The van der Waals surface area contributed by atoms with Gasteiger partial charge in [0.15, 0.2) is 11.6 Å². The number of aromatic amines is 1. The molecule has 0 aliphatic heterocycles. The molecule has 0 amide bonds. The van der Waals surface area contributed by atoms with Gasteiger partial charge in [0, 0.05) is 23.7 Å². The minimum absolute atomic E-state index is 0.0243. The molecule has 2 rings (SSSR count). The van der Waals surface area contributed by atoms with Crippen LogP contribution in [0.25, 0.3) is 0 Å². The summed E-state index contributed by atoms with van der Waals surface area (Å²) in [6.07, 6.45) is 0. The number of rotatable bonds is 5. The first kappa shape index (κ1) is 13.8. The summed E-state index contributed by atoms with van der Waals surface area (Å²) < 4.78 is 18.5. The van der Waals surface area contributed by atoms with Crippen molar-refractivity contribution in [3.63, 3.8) is 0 Å². The van der Waals surface area contributed by atoms with Crippen LogP contribution in [0.2, 0.25) is 0 Å². The lowest BCUT2D eigenvalue weighted by Gasteiger charge is -2.14. The van der Waals surface area contributed by atoms with Gasteiger partial charge in [-0.3, -0.25) is 4.79 Å². The summed E-state index contributed by atoms with van der Waals surface area (Å²) in [5, 5.41) is 5.00. The van der Waals surface area contributed by atoms with Crippen LogP contribution in [-0.4, -0.2) is 12.1 Å². The van der Waals surface area contributed by atoms with E-state index in [0.29, 0.717) is 6.54 Å². The maximum Gasteiger partial charge on any atom is 0.304 e. The fraction of sp³-hybridized carbons (Fsp3) is 0.308. The lowest BCUT2D eigenvalue weighted by molar-refractivity contribution is 0.385. The summed E-state index contributed by atoms with van der Waals surface area (Å²) in [6.45, 7) is 2.47. The minimum Gasteiger partial charge on any atom is -0.494 e. The van der Waals surface area contributed by atoms with Crippen molar-refractivity contribution < 1.29 is 9.13 Å². The minimum atomic E-state index is -0.377. The highest BCUT2D eigenvalue weighted by atomic mass is 32.1. The Labute approximate surface area is 114 Å². The Morgan fingerprint density at radius 1 is 1.53 bits per heavy atom. The Kier molecular flexibility index (Phi) is 4.34. The number of hydrogen-bond donors (Lipinski definition) is 2. The van der Waals surface area contributed by atoms with E-state index in [4.69, 9.17) is 4.74 Å². The van der Waals surface area contributed by atoms with E-state index in [1.165, 1.54) is 13.2 Å². The summed E-state index contributed by atoms with van der Waals surface area (Å²) in [6, 6.07) is 4.85. The largest absolute Gasteiger partial charge is 0.494 e. The highest BCUT2D eigenvalue weighted by Crippen LogP contribution is 2.21. The van der Waals surface area contributed by atoms with Gasteiger partial charge in [-0.25, -0.2) is 4.39 Å². The fourth-order valence-corrected chi connectivity index (χ4v) is 2.31. The normalized spacial score (nSPS) is 12.4. The smallest absolute Gasteiger partial charge is 0.304 e. The second kappa shape index (κ2) is 5.99. The van der Waals surface area contributed by atoms with Crippen molar-refractivity contribution in [2.45, 2.75) is 19.5 Å². The zero-order chi connectivity index (χ0) is 13.8. The van der Waals surface area contributed by atoms with Crippen molar-refractivity contribution >= 4 is 11.3 Å². The maximum atomic E-state index is 13.6. The Morgan fingerprint density at radius 2 is 2.32 bits per heavy atom. The lowest BCUT2D eigenvalue weighted by Crippen LogP contribution is -2.19. The van der Waals surface area contributed by atoms with E-state index in [1.807, 2.05) is 13.0 Å². The van der Waals surface area contributed by atoms with Crippen LogP contribution in [-0.2, 0) is 6.54 Å². The summed E-state index contributed by atoms with van der Waals surface area (Å²) >= 11 is 1.13. The van der Waals surface area contributed by atoms with Crippen molar-refractivity contribution in [2.75, 3.05) is 7.11 Å². The molecule has 1 unspecified atom stereocenters. The number of benzene rings is 1. The predicted octanol–water partition coefficient (Wildman–Crippen LogP) is 2.43. The molecule has 1 heterocycles. The van der Waals surface area contributed by atoms with Gasteiger partial charge >= 0.3 is 4.87 Å². The molecule has 0 saturated heterocycles. The zero-order valence-electron chi connectivity index (χ0n) is 10.7. The fourth-order valence-electron chi connectivity index (χ4n) is 1.73. The molecule has 19 heavy (non-hydrogen) atoms. The average Bonchev–Trinajstić information content (AvgIpc) is 2.81. The molecule has 2 aromatic rings. The summed E-state index contributed by atoms with van der Waals surface area (Å²) in [7, 11) is 1.44. The molecule has 6 heteroatoms. The molecular weight excluding hydrogens is 267 g/mol. The van der Waals surface area contributed by atoms with Gasteiger partial charge < -0.3 is 15.0 Å². The highest BCUT2D eigenvalue weighted by Gasteiger charge is 2.09. The molecule has 0 aliphatic rings. The van der Waals surface area contributed by atoms with Crippen LogP contribution < -0.4 is 14.9 Å². The van der Waals surface area contributed by atoms with Crippen molar-refractivity contribution in [2.24, 2.45) is 0 Å². The molecular formula is C13H15FN2O2S. The molecule has 1 aromatic heterocycles. The summed E-state index contributed by atoms with van der Waals surface area (Å²) in [4.78, 5) is 13.6. The number of thiazole rings is 1. The molecule has 0 fully saturated rings. The maximum absolute atomic E-state index is 13.6. The van der Waals surface area contributed by atoms with Gasteiger partial charge in [-0.2, -0.15) is 0 Å². The summed E-state index contributed by atoms with van der Waals surface area (Å²) in [5.74, 6) is -0.143. The first-order valence-corrected chi connectivity index (χ1v) is 6.71. The number of nitrogens with one attached hydrogen (secondary N) is 2. The first-order valence-electron chi connectivity index (χ1n) is 5.83. The van der Waals surface area contributed by atoms with E-state index in [1.54, 1.807) is 11.4 Å². The van der Waals surface area contributed by atoms with Crippen LogP contribution in [0, 0.1) is 5.82 Å². The van der Waals surface area contributed by atoms with E-state index in [0.717, 1.165) is 22.6 Å². The van der Waals surface area contributed by atoms with E-state index in [2.05, 4.69) is 10.3 Å². The van der Waals surface area contributed by atoms with E-state index in [9.17, 15) is 9.18 Å². The first-order chi connectivity index (χ1) is 9.10. The van der Waals surface area contributed by atoms with Crippen LogP contribution in [0.1, 0.15) is 24.2 Å². The molecule has 0 saturated carbocycles. The van der Waals surface area contributed by atoms with Gasteiger partial charge in [0.2, 0.25) is 0 Å². The van der Waals surface area contributed by atoms with Gasteiger partial charge in [0.1, 0.15) is 0 Å². The number of methoxy groups -OCH3 is 1.